The fourth-order valence-electron chi connectivity index (χ4n) is 2.89. The van der Waals surface area contributed by atoms with Crippen LogP contribution in [0.5, 0.6) is 5.75 Å². The molecule has 2 atom stereocenters. The number of nitrogens with one attached hydrogen (secondary N) is 1. The van der Waals surface area contributed by atoms with Crippen molar-refractivity contribution in [3.63, 3.8) is 0 Å². The highest BCUT2D eigenvalue weighted by atomic mass is 35.5. The number of aryl methyl sites for hydroxylation is 1. The molecule has 2 aromatic carbocycles. The Morgan fingerprint density at radius 1 is 1.14 bits per heavy atom. The molecule has 28 heavy (non-hydrogen) atoms. The molecule has 0 aliphatic carbocycles. The van der Waals surface area contributed by atoms with Gasteiger partial charge in [-0.05, 0) is 44.5 Å². The lowest BCUT2D eigenvalue weighted by Crippen LogP contribution is -2.48. The molecule has 152 valence electrons. The average molecular weight is 425 g/mol. The zero-order chi connectivity index (χ0) is 21.1. The predicted octanol–water partition coefficient (Wildman–Crippen LogP) is 3.69. The molecule has 2 aromatic rings. The Labute approximate surface area is 171 Å². The van der Waals surface area contributed by atoms with Gasteiger partial charge < -0.3 is 10.1 Å². The van der Waals surface area contributed by atoms with E-state index in [1.54, 1.807) is 12.1 Å². The number of benzene rings is 2. The lowest BCUT2D eigenvalue weighted by atomic mass is 10.1. The molecule has 2 unspecified atom stereocenters. The first kappa shape index (κ1) is 22.0. The second-order valence-corrected chi connectivity index (χ2v) is 8.99. The van der Waals surface area contributed by atoms with Crippen molar-refractivity contribution in [2.75, 3.05) is 17.7 Å². The standard InChI is InChI=1S/C20H25ClN2O4S/c1-13-6-8-16(9-7-13)14(2)22-20(24)15(3)23(28(5,25)26)18-12-17(21)10-11-19(18)27-4/h6-12,14-15H,1-5H3,(H,22,24). The van der Waals surface area contributed by atoms with E-state index < -0.39 is 22.0 Å². The summed E-state index contributed by atoms with van der Waals surface area (Å²) < 4.78 is 31.3. The van der Waals surface area contributed by atoms with Gasteiger partial charge >= 0.3 is 0 Å². The Balaban J connectivity index is 2.33. The van der Waals surface area contributed by atoms with Crippen molar-refractivity contribution in [1.82, 2.24) is 5.32 Å². The van der Waals surface area contributed by atoms with Gasteiger partial charge in [-0.2, -0.15) is 0 Å². The highest BCUT2D eigenvalue weighted by Gasteiger charge is 2.32. The smallest absolute Gasteiger partial charge is 0.244 e. The number of hydrogen-bond acceptors (Lipinski definition) is 4. The minimum Gasteiger partial charge on any atom is -0.495 e. The largest absolute Gasteiger partial charge is 0.495 e. The fraction of sp³-hybridized carbons (Fsp3) is 0.350. The number of rotatable bonds is 7. The summed E-state index contributed by atoms with van der Waals surface area (Å²) in [6.45, 7) is 5.36. The molecule has 6 nitrogen and oxygen atoms in total. The number of hydrogen-bond donors (Lipinski definition) is 1. The number of sulfonamides is 1. The predicted molar refractivity (Wildman–Crippen MR) is 113 cm³/mol. The summed E-state index contributed by atoms with van der Waals surface area (Å²) in [7, 11) is -2.36. The van der Waals surface area contributed by atoms with Crippen LogP contribution < -0.4 is 14.4 Å². The third kappa shape index (κ3) is 5.17. The number of carbonyl (C=O) groups is 1. The average Bonchev–Trinajstić information content (AvgIpc) is 2.61. The van der Waals surface area contributed by atoms with Gasteiger partial charge in [0.1, 0.15) is 11.8 Å². The minimum absolute atomic E-state index is 0.211. The highest BCUT2D eigenvalue weighted by Crippen LogP contribution is 2.34. The van der Waals surface area contributed by atoms with Crippen LogP contribution in [0.2, 0.25) is 5.02 Å². The van der Waals surface area contributed by atoms with Crippen molar-refractivity contribution < 1.29 is 17.9 Å². The lowest BCUT2D eigenvalue weighted by Gasteiger charge is -2.30. The Morgan fingerprint density at radius 3 is 2.29 bits per heavy atom. The number of ether oxygens (including phenoxy) is 1. The van der Waals surface area contributed by atoms with Crippen molar-refractivity contribution in [1.29, 1.82) is 0 Å². The summed E-state index contributed by atoms with van der Waals surface area (Å²) in [4.78, 5) is 12.8. The molecule has 0 saturated heterocycles. The van der Waals surface area contributed by atoms with Crippen molar-refractivity contribution >= 4 is 33.2 Å². The van der Waals surface area contributed by atoms with Gasteiger partial charge in [0.05, 0.1) is 25.1 Å². The molecule has 2 rings (SSSR count). The van der Waals surface area contributed by atoms with Crippen LogP contribution in [-0.2, 0) is 14.8 Å². The van der Waals surface area contributed by atoms with E-state index in [2.05, 4.69) is 5.32 Å². The van der Waals surface area contributed by atoms with Gasteiger partial charge in [0, 0.05) is 5.02 Å². The zero-order valence-electron chi connectivity index (χ0n) is 16.6. The van der Waals surface area contributed by atoms with E-state index >= 15 is 0 Å². The van der Waals surface area contributed by atoms with Gasteiger partial charge in [-0.15, -0.1) is 0 Å². The van der Waals surface area contributed by atoms with Crippen LogP contribution >= 0.6 is 11.6 Å². The number of carbonyl (C=O) groups excluding carboxylic acids is 1. The molecule has 0 bridgehead atoms. The summed E-state index contributed by atoms with van der Waals surface area (Å²) in [5.74, 6) is -0.124. The van der Waals surface area contributed by atoms with Crippen molar-refractivity contribution in [2.45, 2.75) is 32.9 Å². The molecule has 0 spiro atoms. The summed E-state index contributed by atoms with van der Waals surface area (Å²) >= 11 is 6.05. The van der Waals surface area contributed by atoms with Crippen molar-refractivity contribution in [2.24, 2.45) is 0 Å². The molecule has 0 aromatic heterocycles. The molecule has 0 aliphatic heterocycles. The maximum atomic E-state index is 12.8. The first-order valence-corrected chi connectivity index (χ1v) is 11.0. The van der Waals surface area contributed by atoms with Crippen LogP contribution in [0.4, 0.5) is 5.69 Å². The maximum Gasteiger partial charge on any atom is 0.244 e. The molecule has 1 amide bonds. The minimum atomic E-state index is -3.78. The number of halogens is 1. The van der Waals surface area contributed by atoms with E-state index in [-0.39, 0.29) is 11.7 Å². The number of anilines is 1. The van der Waals surface area contributed by atoms with E-state index in [1.165, 1.54) is 20.1 Å². The molecular formula is C20H25ClN2O4S. The zero-order valence-corrected chi connectivity index (χ0v) is 18.1. The maximum absolute atomic E-state index is 12.8. The van der Waals surface area contributed by atoms with E-state index in [4.69, 9.17) is 16.3 Å². The number of amides is 1. The third-order valence-electron chi connectivity index (χ3n) is 4.40. The molecule has 0 fully saturated rings. The van der Waals surface area contributed by atoms with E-state index in [1.807, 2.05) is 38.1 Å². The highest BCUT2D eigenvalue weighted by molar-refractivity contribution is 7.92. The quantitative estimate of drug-likeness (QED) is 0.735. The van der Waals surface area contributed by atoms with Gasteiger partial charge in [0.2, 0.25) is 15.9 Å². The van der Waals surface area contributed by atoms with Crippen LogP contribution in [0, 0.1) is 6.92 Å². The van der Waals surface area contributed by atoms with Crippen molar-refractivity contribution in [3.8, 4) is 5.75 Å². The van der Waals surface area contributed by atoms with Gasteiger partial charge in [0.15, 0.2) is 0 Å². The number of methoxy groups -OCH3 is 1. The Bertz CT molecular complexity index is 945. The molecular weight excluding hydrogens is 400 g/mol. The van der Waals surface area contributed by atoms with Gasteiger partial charge in [-0.1, -0.05) is 41.4 Å². The third-order valence-corrected chi connectivity index (χ3v) is 5.87. The van der Waals surface area contributed by atoms with Crippen LogP contribution in [0.3, 0.4) is 0 Å². The summed E-state index contributed by atoms with van der Waals surface area (Å²) in [6, 6.07) is 11.1. The van der Waals surface area contributed by atoms with Gasteiger partial charge in [-0.25, -0.2) is 8.42 Å². The Hall–Kier alpha value is -2.25. The number of nitrogens with zero attached hydrogens (tertiary/aromatic N) is 1. The lowest BCUT2D eigenvalue weighted by molar-refractivity contribution is -0.122. The molecule has 8 heteroatoms. The Morgan fingerprint density at radius 2 is 1.75 bits per heavy atom. The first-order valence-electron chi connectivity index (χ1n) is 8.74. The van der Waals surface area contributed by atoms with Gasteiger partial charge in [0.25, 0.3) is 0 Å². The monoisotopic (exact) mass is 424 g/mol. The van der Waals surface area contributed by atoms with Gasteiger partial charge in [-0.3, -0.25) is 9.10 Å². The van der Waals surface area contributed by atoms with E-state index in [9.17, 15) is 13.2 Å². The SMILES string of the molecule is COc1ccc(Cl)cc1N(C(C)C(=O)NC(C)c1ccc(C)cc1)S(C)(=O)=O. The topological polar surface area (TPSA) is 75.7 Å². The fourth-order valence-corrected chi connectivity index (χ4v) is 4.23. The molecule has 0 aliphatic rings. The second-order valence-electron chi connectivity index (χ2n) is 6.69. The second kappa shape index (κ2) is 8.84. The normalized spacial score (nSPS) is 13.5. The van der Waals surface area contributed by atoms with Crippen LogP contribution in [0.15, 0.2) is 42.5 Å². The summed E-state index contributed by atoms with van der Waals surface area (Å²) in [5, 5.41) is 3.21. The molecule has 0 saturated carbocycles. The van der Waals surface area contributed by atoms with Crippen LogP contribution in [-0.4, -0.2) is 33.7 Å². The Kier molecular flexibility index (Phi) is 6.96. The van der Waals surface area contributed by atoms with E-state index in [0.717, 1.165) is 21.7 Å². The first-order chi connectivity index (χ1) is 13.0. The molecule has 0 radical (unpaired) electrons. The summed E-state index contributed by atoms with van der Waals surface area (Å²) in [6.07, 6.45) is 1.04. The van der Waals surface area contributed by atoms with Crippen LogP contribution in [0.1, 0.15) is 31.0 Å². The molecule has 1 N–H and O–H groups in total. The molecule has 0 heterocycles. The van der Waals surface area contributed by atoms with Crippen molar-refractivity contribution in [3.05, 3.63) is 58.6 Å². The van der Waals surface area contributed by atoms with E-state index in [0.29, 0.717) is 10.8 Å². The summed E-state index contributed by atoms with van der Waals surface area (Å²) in [5.41, 5.74) is 2.26. The van der Waals surface area contributed by atoms with Crippen LogP contribution in [0.25, 0.3) is 0 Å².